The number of fused-ring (bicyclic) bond motifs is 1. The predicted octanol–water partition coefficient (Wildman–Crippen LogP) is 3.84. The maximum absolute atomic E-state index is 10.7. The SMILES string of the molecule is Oc1ccc(C(CN2CCN(CC(O)COc3cccc4ncccc34)CC2)c2ccc(O)cc2)cc1. The number of ether oxygens (including phenoxy) is 1. The molecule has 4 aromatic rings. The van der Waals surface area contributed by atoms with Crippen molar-refractivity contribution in [3.63, 3.8) is 0 Å². The summed E-state index contributed by atoms with van der Waals surface area (Å²) in [5.41, 5.74) is 3.13. The molecule has 5 rings (SSSR count). The van der Waals surface area contributed by atoms with Crippen LogP contribution in [0.1, 0.15) is 17.0 Å². The number of rotatable bonds is 9. The van der Waals surface area contributed by atoms with Gasteiger partial charge in [-0.3, -0.25) is 14.8 Å². The maximum atomic E-state index is 10.7. The summed E-state index contributed by atoms with van der Waals surface area (Å²) in [6.07, 6.45) is 1.18. The van der Waals surface area contributed by atoms with Gasteiger partial charge in [-0.2, -0.15) is 0 Å². The quantitative estimate of drug-likeness (QED) is 0.323. The van der Waals surface area contributed by atoms with Crippen molar-refractivity contribution in [3.05, 3.63) is 96.2 Å². The number of benzene rings is 3. The van der Waals surface area contributed by atoms with Gasteiger partial charge in [0.05, 0.1) is 5.52 Å². The Morgan fingerprint density at radius 2 is 1.32 bits per heavy atom. The molecular weight excluding hydrogens is 466 g/mol. The molecule has 37 heavy (non-hydrogen) atoms. The Kier molecular flexibility index (Phi) is 7.84. The fraction of sp³-hybridized carbons (Fsp3) is 0.300. The summed E-state index contributed by atoms with van der Waals surface area (Å²) in [7, 11) is 0. The fourth-order valence-corrected chi connectivity index (χ4v) is 4.97. The second kappa shape index (κ2) is 11.6. The lowest BCUT2D eigenvalue weighted by Crippen LogP contribution is -2.50. The molecule has 7 nitrogen and oxygen atoms in total. The molecule has 3 N–H and O–H groups in total. The number of β-amino-alcohol motifs (C(OH)–C–C–N with tert-alkyl or cyclic N) is 1. The number of aromatic hydroxyl groups is 2. The number of aliphatic hydroxyl groups excluding tert-OH is 1. The van der Waals surface area contributed by atoms with Crippen LogP contribution in [0.4, 0.5) is 0 Å². The van der Waals surface area contributed by atoms with Gasteiger partial charge in [-0.1, -0.05) is 30.3 Å². The van der Waals surface area contributed by atoms with Crippen molar-refractivity contribution in [2.24, 2.45) is 0 Å². The molecule has 1 aliphatic heterocycles. The van der Waals surface area contributed by atoms with E-state index < -0.39 is 6.10 Å². The van der Waals surface area contributed by atoms with Crippen LogP contribution in [-0.2, 0) is 0 Å². The van der Waals surface area contributed by atoms with E-state index in [0.717, 1.165) is 60.5 Å². The molecule has 1 saturated heterocycles. The Balaban J connectivity index is 1.15. The molecular formula is C30H33N3O4. The van der Waals surface area contributed by atoms with Crippen LogP contribution in [0.5, 0.6) is 17.2 Å². The Morgan fingerprint density at radius 1 is 0.730 bits per heavy atom. The Labute approximate surface area is 217 Å². The van der Waals surface area contributed by atoms with Crippen LogP contribution in [0.3, 0.4) is 0 Å². The molecule has 1 unspecified atom stereocenters. The molecule has 0 bridgehead atoms. The van der Waals surface area contributed by atoms with Crippen LogP contribution in [0.25, 0.3) is 10.9 Å². The lowest BCUT2D eigenvalue weighted by atomic mass is 9.90. The molecule has 1 aromatic heterocycles. The van der Waals surface area contributed by atoms with Crippen LogP contribution in [0, 0.1) is 0 Å². The third-order valence-corrected chi connectivity index (χ3v) is 7.00. The van der Waals surface area contributed by atoms with Crippen molar-refractivity contribution in [2.45, 2.75) is 12.0 Å². The summed E-state index contributed by atoms with van der Waals surface area (Å²) in [4.78, 5) is 9.08. The zero-order chi connectivity index (χ0) is 25.6. The molecule has 3 aromatic carbocycles. The van der Waals surface area contributed by atoms with Crippen LogP contribution < -0.4 is 4.74 Å². The Hall–Kier alpha value is -3.65. The van der Waals surface area contributed by atoms with Gasteiger partial charge in [0.2, 0.25) is 0 Å². The minimum atomic E-state index is -0.583. The van der Waals surface area contributed by atoms with E-state index in [1.807, 2.05) is 54.6 Å². The number of phenols is 2. The van der Waals surface area contributed by atoms with Crippen LogP contribution in [0.15, 0.2) is 85.1 Å². The first-order valence-electron chi connectivity index (χ1n) is 12.7. The van der Waals surface area contributed by atoms with Gasteiger partial charge in [0, 0.05) is 56.8 Å². The van der Waals surface area contributed by atoms with E-state index in [9.17, 15) is 15.3 Å². The summed E-state index contributed by atoms with van der Waals surface area (Å²) in [6, 6.07) is 24.4. The highest BCUT2D eigenvalue weighted by Gasteiger charge is 2.24. The molecule has 1 atom stereocenters. The monoisotopic (exact) mass is 499 g/mol. The summed E-state index contributed by atoms with van der Waals surface area (Å²) >= 11 is 0. The number of piperazine rings is 1. The minimum absolute atomic E-state index is 0.127. The average molecular weight is 500 g/mol. The van der Waals surface area contributed by atoms with Crippen molar-refractivity contribution in [3.8, 4) is 17.2 Å². The van der Waals surface area contributed by atoms with Crippen molar-refractivity contribution < 1.29 is 20.1 Å². The third-order valence-electron chi connectivity index (χ3n) is 7.00. The normalized spacial score (nSPS) is 15.7. The maximum Gasteiger partial charge on any atom is 0.128 e. The first kappa shape index (κ1) is 25.0. The van der Waals surface area contributed by atoms with Crippen LogP contribution in [0.2, 0.25) is 0 Å². The van der Waals surface area contributed by atoms with E-state index in [1.165, 1.54) is 0 Å². The topological polar surface area (TPSA) is 89.3 Å². The van der Waals surface area contributed by atoms with E-state index in [1.54, 1.807) is 30.5 Å². The molecule has 0 amide bonds. The zero-order valence-electron chi connectivity index (χ0n) is 20.8. The number of hydrogen-bond donors (Lipinski definition) is 3. The summed E-state index contributed by atoms with van der Waals surface area (Å²) in [6.45, 7) is 5.17. The molecule has 0 spiro atoms. The number of phenolic OH excluding ortho intramolecular Hbond substituents is 2. The second-order valence-corrected chi connectivity index (χ2v) is 9.63. The highest BCUT2D eigenvalue weighted by molar-refractivity contribution is 5.84. The fourth-order valence-electron chi connectivity index (χ4n) is 4.97. The molecule has 0 aliphatic carbocycles. The van der Waals surface area contributed by atoms with E-state index in [-0.39, 0.29) is 24.0 Å². The summed E-state index contributed by atoms with van der Waals surface area (Å²) in [5.74, 6) is 1.37. The van der Waals surface area contributed by atoms with Gasteiger partial charge in [0.15, 0.2) is 0 Å². The van der Waals surface area contributed by atoms with E-state index in [0.29, 0.717) is 6.54 Å². The van der Waals surface area contributed by atoms with Crippen molar-refractivity contribution >= 4 is 10.9 Å². The largest absolute Gasteiger partial charge is 0.508 e. The van der Waals surface area contributed by atoms with Crippen molar-refractivity contribution in [1.82, 2.24) is 14.8 Å². The van der Waals surface area contributed by atoms with Gasteiger partial charge in [-0.15, -0.1) is 0 Å². The van der Waals surface area contributed by atoms with Crippen molar-refractivity contribution in [1.29, 1.82) is 0 Å². The average Bonchev–Trinajstić information content (AvgIpc) is 2.93. The van der Waals surface area contributed by atoms with E-state index >= 15 is 0 Å². The van der Waals surface area contributed by atoms with E-state index in [2.05, 4.69) is 14.8 Å². The Morgan fingerprint density at radius 3 is 1.95 bits per heavy atom. The molecule has 1 fully saturated rings. The molecule has 192 valence electrons. The standard InChI is InChI=1S/C30H33N3O4/c34-24-10-6-22(7-11-24)28(23-8-12-25(35)13-9-23)20-33-17-15-32(16-18-33)19-26(36)21-37-30-5-1-4-29-27(30)3-2-14-31-29/h1-14,26,28,34-36H,15-21H2. The molecule has 1 aliphatic rings. The number of nitrogens with zero attached hydrogens (tertiary/aromatic N) is 3. The van der Waals surface area contributed by atoms with E-state index in [4.69, 9.17) is 4.74 Å². The molecule has 2 heterocycles. The van der Waals surface area contributed by atoms with Gasteiger partial charge < -0.3 is 20.1 Å². The van der Waals surface area contributed by atoms with Gasteiger partial charge in [-0.25, -0.2) is 0 Å². The lowest BCUT2D eigenvalue weighted by Gasteiger charge is -2.37. The number of aliphatic hydroxyl groups is 1. The first-order valence-corrected chi connectivity index (χ1v) is 12.7. The van der Waals surface area contributed by atoms with Crippen LogP contribution >= 0.6 is 0 Å². The zero-order valence-corrected chi connectivity index (χ0v) is 20.8. The highest BCUT2D eigenvalue weighted by Crippen LogP contribution is 2.29. The summed E-state index contributed by atoms with van der Waals surface area (Å²) in [5, 5.41) is 31.1. The second-order valence-electron chi connectivity index (χ2n) is 9.63. The lowest BCUT2D eigenvalue weighted by molar-refractivity contribution is 0.0459. The molecule has 0 saturated carbocycles. The van der Waals surface area contributed by atoms with Gasteiger partial charge >= 0.3 is 0 Å². The minimum Gasteiger partial charge on any atom is -0.508 e. The molecule has 7 heteroatoms. The predicted molar refractivity (Wildman–Crippen MR) is 144 cm³/mol. The van der Waals surface area contributed by atoms with Gasteiger partial charge in [0.1, 0.15) is 30.0 Å². The highest BCUT2D eigenvalue weighted by atomic mass is 16.5. The van der Waals surface area contributed by atoms with Crippen molar-refractivity contribution in [2.75, 3.05) is 45.9 Å². The number of aromatic nitrogens is 1. The smallest absolute Gasteiger partial charge is 0.128 e. The van der Waals surface area contributed by atoms with Crippen LogP contribution in [-0.4, -0.2) is 82.1 Å². The van der Waals surface area contributed by atoms with Gasteiger partial charge in [0.25, 0.3) is 0 Å². The number of hydrogen-bond acceptors (Lipinski definition) is 7. The first-order chi connectivity index (χ1) is 18.0. The molecule has 0 radical (unpaired) electrons. The summed E-state index contributed by atoms with van der Waals surface area (Å²) < 4.78 is 5.95. The third kappa shape index (κ3) is 6.38. The number of pyridine rings is 1. The Bertz CT molecular complexity index is 1240. The van der Waals surface area contributed by atoms with Gasteiger partial charge in [-0.05, 0) is 59.7 Å².